The lowest BCUT2D eigenvalue weighted by atomic mass is 9.99. The van der Waals surface area contributed by atoms with Crippen molar-refractivity contribution in [2.24, 2.45) is 0 Å². The van der Waals surface area contributed by atoms with Gasteiger partial charge < -0.3 is 21.7 Å². The van der Waals surface area contributed by atoms with Crippen molar-refractivity contribution in [2.75, 3.05) is 14.1 Å². The van der Waals surface area contributed by atoms with Crippen molar-refractivity contribution in [3.05, 3.63) is 63.6 Å². The van der Waals surface area contributed by atoms with Crippen molar-refractivity contribution >= 4 is 31.3 Å². The smallest absolute Gasteiger partial charge is 0.422 e. The van der Waals surface area contributed by atoms with Gasteiger partial charge in [0.1, 0.15) is 5.42 Å². The zero-order chi connectivity index (χ0) is 20.6. The fourth-order valence-corrected chi connectivity index (χ4v) is 3.01. The van der Waals surface area contributed by atoms with Crippen LogP contribution in [0.3, 0.4) is 0 Å². The maximum atomic E-state index is 12.5. The SMILES string of the molecule is CN1C(=O)c2c3c(oc2=[N+](C)C1=O)=CC1=CC=CC=C(C=C3)C1.F[B-](F)(F)F. The number of nitrogens with zero attached hydrogens (tertiary/aromatic N) is 2. The molecular formula is C18H15BF4N2O3. The fourth-order valence-electron chi connectivity index (χ4n) is 3.01. The van der Waals surface area contributed by atoms with Crippen molar-refractivity contribution in [1.82, 2.24) is 9.48 Å². The Kier molecular flexibility index (Phi) is 4.97. The summed E-state index contributed by atoms with van der Waals surface area (Å²) in [7, 11) is -2.91. The lowest BCUT2D eigenvalue weighted by Crippen LogP contribution is -2.51. The first-order valence-electron chi connectivity index (χ1n) is 8.25. The largest absolute Gasteiger partial charge is 0.673 e. The first-order chi connectivity index (χ1) is 13.1. The second kappa shape index (κ2) is 7.10. The van der Waals surface area contributed by atoms with E-state index >= 15 is 0 Å². The third-order valence-electron chi connectivity index (χ3n) is 4.27. The number of amides is 3. The van der Waals surface area contributed by atoms with Crippen LogP contribution in [0, 0.1) is 0 Å². The first-order valence-corrected chi connectivity index (χ1v) is 8.25. The number of carbonyl (C=O) groups is 2. The molecule has 0 radical (unpaired) electrons. The molecule has 0 aromatic carbocycles. The monoisotopic (exact) mass is 394 g/mol. The normalized spacial score (nSPS) is 17.9. The molecule has 146 valence electrons. The molecule has 0 spiro atoms. The van der Waals surface area contributed by atoms with Crippen LogP contribution >= 0.6 is 0 Å². The molecule has 2 aliphatic carbocycles. The first kappa shape index (κ1) is 19.6. The number of carbonyl (C=O) groups excluding carboxylic acids is 2. The van der Waals surface area contributed by atoms with Crippen LogP contribution in [-0.4, -0.2) is 38.2 Å². The van der Waals surface area contributed by atoms with E-state index in [2.05, 4.69) is 6.08 Å². The molecule has 0 saturated heterocycles. The molecule has 0 N–H and O–H groups in total. The summed E-state index contributed by atoms with van der Waals surface area (Å²) in [6.45, 7) is 0. The van der Waals surface area contributed by atoms with Crippen molar-refractivity contribution < 1.29 is 31.3 Å². The highest BCUT2D eigenvalue weighted by Gasteiger charge is 2.40. The third kappa shape index (κ3) is 3.90. The quantitative estimate of drug-likeness (QED) is 0.386. The molecule has 2 heterocycles. The number of fused-ring (bicyclic) bond motifs is 5. The molecule has 1 aromatic rings. The van der Waals surface area contributed by atoms with Crippen LogP contribution in [-0.2, 0) is 0 Å². The van der Waals surface area contributed by atoms with Crippen molar-refractivity contribution in [1.29, 1.82) is 0 Å². The van der Waals surface area contributed by atoms with E-state index in [1.54, 1.807) is 7.05 Å². The van der Waals surface area contributed by atoms with E-state index in [9.17, 15) is 26.9 Å². The summed E-state index contributed by atoms with van der Waals surface area (Å²) in [5.74, 6) is -0.337. The van der Waals surface area contributed by atoms with E-state index in [-0.39, 0.29) is 5.91 Å². The van der Waals surface area contributed by atoms with Crippen molar-refractivity contribution in [3.8, 4) is 0 Å². The third-order valence-corrected chi connectivity index (χ3v) is 4.27. The number of imide groups is 1. The predicted molar refractivity (Wildman–Crippen MR) is 96.2 cm³/mol. The van der Waals surface area contributed by atoms with Gasteiger partial charge in [0.2, 0.25) is 0 Å². The maximum Gasteiger partial charge on any atom is 0.673 e. The average molecular weight is 394 g/mol. The Morgan fingerprint density at radius 2 is 1.68 bits per heavy atom. The summed E-state index contributed by atoms with van der Waals surface area (Å²) >= 11 is 0. The second-order valence-electron chi connectivity index (χ2n) is 6.28. The molecule has 5 nitrogen and oxygen atoms in total. The van der Waals surface area contributed by atoms with Crippen LogP contribution in [0.5, 0.6) is 0 Å². The van der Waals surface area contributed by atoms with Gasteiger partial charge in [-0.25, -0.2) is 4.79 Å². The van der Waals surface area contributed by atoms with E-state index in [4.69, 9.17) is 4.42 Å². The summed E-state index contributed by atoms with van der Waals surface area (Å²) in [6, 6.07) is -0.395. The Morgan fingerprint density at radius 1 is 1.07 bits per heavy atom. The molecule has 28 heavy (non-hydrogen) atoms. The van der Waals surface area contributed by atoms with Crippen molar-refractivity contribution in [2.45, 2.75) is 6.42 Å². The molecule has 2 bridgehead atoms. The van der Waals surface area contributed by atoms with Crippen LogP contribution in [0.2, 0.25) is 0 Å². The predicted octanol–water partition coefficient (Wildman–Crippen LogP) is 2.53. The molecule has 1 aromatic heterocycles. The van der Waals surface area contributed by atoms with Gasteiger partial charge >= 0.3 is 24.7 Å². The van der Waals surface area contributed by atoms with Crippen LogP contribution in [0.25, 0.3) is 12.2 Å². The molecular weight excluding hydrogens is 379 g/mol. The summed E-state index contributed by atoms with van der Waals surface area (Å²) in [5.41, 5.74) is 4.32. The molecule has 0 atom stereocenters. The number of urea groups is 1. The van der Waals surface area contributed by atoms with Gasteiger partial charge in [-0.1, -0.05) is 30.4 Å². The highest BCUT2D eigenvalue weighted by atomic mass is 19.5. The maximum absolute atomic E-state index is 12.5. The van der Waals surface area contributed by atoms with Crippen LogP contribution < -0.4 is 15.5 Å². The minimum Gasteiger partial charge on any atom is -0.422 e. The Morgan fingerprint density at radius 3 is 2.32 bits per heavy atom. The van der Waals surface area contributed by atoms with E-state index in [0.29, 0.717) is 16.5 Å². The summed E-state index contributed by atoms with van der Waals surface area (Å²) in [4.78, 5) is 25.7. The molecule has 10 heteroatoms. The van der Waals surface area contributed by atoms with Gasteiger partial charge in [-0.05, 0) is 29.7 Å². The zero-order valence-corrected chi connectivity index (χ0v) is 15.0. The van der Waals surface area contributed by atoms with Gasteiger partial charge in [-0.2, -0.15) is 14.3 Å². The molecule has 0 saturated carbocycles. The molecule has 3 aliphatic rings. The number of allylic oxidation sites excluding steroid dienone is 7. The fraction of sp³-hybridized carbons (Fsp3) is 0.167. The Hall–Kier alpha value is -3.17. The summed E-state index contributed by atoms with van der Waals surface area (Å²) in [5, 5.41) is 0. The van der Waals surface area contributed by atoms with Gasteiger partial charge in [0.25, 0.3) is 0 Å². The molecule has 0 fully saturated rings. The van der Waals surface area contributed by atoms with Crippen LogP contribution in [0.15, 0.2) is 45.9 Å². The van der Waals surface area contributed by atoms with Gasteiger partial charge in [0, 0.05) is 5.56 Å². The number of rotatable bonds is 0. The number of furan rings is 1. The van der Waals surface area contributed by atoms with E-state index in [0.717, 1.165) is 28.0 Å². The van der Waals surface area contributed by atoms with Gasteiger partial charge in [-0.15, -0.1) is 0 Å². The van der Waals surface area contributed by atoms with Crippen LogP contribution in [0.4, 0.5) is 22.1 Å². The minimum absolute atomic E-state index is 0.309. The Labute approximate surface area is 157 Å². The van der Waals surface area contributed by atoms with E-state index in [1.807, 2.05) is 36.5 Å². The van der Waals surface area contributed by atoms with Crippen LogP contribution in [0.1, 0.15) is 22.3 Å². The standard InChI is InChI=1S/C18H15N2O3.BF4/c1-19-16(21)15-13-8-7-11-5-3-4-6-12(9-11)10-14(13)23-17(15)20(2)18(19)22;2-1(3,4)5/h3-8,10H,9H2,1-2H3;/q+1;-1. The van der Waals surface area contributed by atoms with E-state index < -0.39 is 13.3 Å². The van der Waals surface area contributed by atoms with Gasteiger partial charge in [0.15, 0.2) is 5.56 Å². The summed E-state index contributed by atoms with van der Waals surface area (Å²) in [6.07, 6.45) is 14.7. The van der Waals surface area contributed by atoms with E-state index in [1.165, 1.54) is 11.6 Å². The van der Waals surface area contributed by atoms with Gasteiger partial charge in [0.05, 0.1) is 14.1 Å². The number of hydrogen-bond acceptors (Lipinski definition) is 3. The van der Waals surface area contributed by atoms with Crippen molar-refractivity contribution in [3.63, 3.8) is 0 Å². The molecule has 0 unspecified atom stereocenters. The second-order valence-corrected chi connectivity index (χ2v) is 6.28. The molecule has 4 rings (SSSR count). The highest BCUT2D eigenvalue weighted by molar-refractivity contribution is 6.50. The lowest BCUT2D eigenvalue weighted by molar-refractivity contribution is 0.0808. The highest BCUT2D eigenvalue weighted by Crippen LogP contribution is 2.21. The average Bonchev–Trinajstić information content (AvgIpc) is 2.77. The zero-order valence-electron chi connectivity index (χ0n) is 15.0. The number of hydrogen-bond donors (Lipinski definition) is 0. The number of halogens is 4. The molecule has 1 aliphatic heterocycles. The lowest BCUT2D eigenvalue weighted by Gasteiger charge is -2.11. The summed E-state index contributed by atoms with van der Waals surface area (Å²) < 4.78 is 46.2. The Balaban J connectivity index is 0.000000403. The topological polar surface area (TPSA) is 53.5 Å². The van der Waals surface area contributed by atoms with Gasteiger partial charge in [-0.3, -0.25) is 0 Å². The molecule has 3 amide bonds. The minimum atomic E-state index is -6.00. The Bertz CT molecular complexity index is 1100.